The fourth-order valence-electron chi connectivity index (χ4n) is 6.74. The molecule has 2 aromatic carbocycles. The van der Waals surface area contributed by atoms with Gasteiger partial charge in [0.05, 0.1) is 20.8 Å². The van der Waals surface area contributed by atoms with Crippen molar-refractivity contribution in [1.82, 2.24) is 29.7 Å². The number of aromatic nitrogens is 4. The van der Waals surface area contributed by atoms with Crippen LogP contribution in [0.2, 0.25) is 0 Å². The number of aryl methyl sites for hydroxylation is 2. The van der Waals surface area contributed by atoms with Gasteiger partial charge in [0.15, 0.2) is 23.0 Å². The largest absolute Gasteiger partial charge is 0.493 e. The topological polar surface area (TPSA) is 143 Å². The van der Waals surface area contributed by atoms with Crippen LogP contribution in [0.4, 0.5) is 34.9 Å². The number of methoxy groups -OCH3 is 2. The van der Waals surface area contributed by atoms with E-state index in [1.807, 2.05) is 76.5 Å². The molecule has 0 bridgehead atoms. The van der Waals surface area contributed by atoms with E-state index in [1.54, 1.807) is 14.2 Å². The minimum absolute atomic E-state index is 0.139. The molecule has 0 saturated heterocycles. The molecule has 14 nitrogen and oxygen atoms in total. The zero-order valence-corrected chi connectivity index (χ0v) is 32.2. The van der Waals surface area contributed by atoms with Gasteiger partial charge in [0, 0.05) is 99.1 Å². The third-order valence-electron chi connectivity index (χ3n) is 10.2. The van der Waals surface area contributed by atoms with Crippen molar-refractivity contribution in [2.45, 2.75) is 57.7 Å². The second kappa shape index (κ2) is 17.2. The fraction of sp³-hybridized carbons (Fsp3) is 0.487. The lowest BCUT2D eigenvalue weighted by Crippen LogP contribution is -2.51. The highest BCUT2D eigenvalue weighted by Crippen LogP contribution is 2.38. The van der Waals surface area contributed by atoms with Gasteiger partial charge >= 0.3 is 0 Å². The van der Waals surface area contributed by atoms with Gasteiger partial charge in [-0.15, -0.1) is 0 Å². The van der Waals surface area contributed by atoms with Crippen LogP contribution in [0, 0.1) is 19.8 Å². The van der Waals surface area contributed by atoms with Gasteiger partial charge in [-0.1, -0.05) is 0 Å². The van der Waals surface area contributed by atoms with Gasteiger partial charge in [-0.3, -0.25) is 0 Å². The average Bonchev–Trinajstić information content (AvgIpc) is 3.10. The lowest BCUT2D eigenvalue weighted by atomic mass is 9.80. The Hall–Kier alpha value is -5.08. The summed E-state index contributed by atoms with van der Waals surface area (Å²) >= 11 is 0. The minimum Gasteiger partial charge on any atom is -0.493 e. The second-order valence-electron chi connectivity index (χ2n) is 14.0. The maximum absolute atomic E-state index is 6.43. The molecule has 0 unspecified atom stereocenters. The number of hydrogen-bond acceptors (Lipinski definition) is 14. The van der Waals surface area contributed by atoms with Gasteiger partial charge in [-0.2, -0.15) is 9.97 Å². The lowest BCUT2D eigenvalue weighted by molar-refractivity contribution is 0.0159. The number of nitrogens with one attached hydrogen (secondary N) is 4. The number of nitrogens with zero attached hydrogens (tertiary/aromatic N) is 6. The van der Waals surface area contributed by atoms with Crippen LogP contribution in [0.15, 0.2) is 48.5 Å². The Morgan fingerprint density at radius 1 is 0.642 bits per heavy atom. The molecule has 2 fully saturated rings. The molecule has 0 spiro atoms. The van der Waals surface area contributed by atoms with E-state index in [4.69, 9.17) is 18.9 Å². The van der Waals surface area contributed by atoms with Crippen LogP contribution in [0.5, 0.6) is 23.0 Å². The van der Waals surface area contributed by atoms with Crippen LogP contribution in [0.3, 0.4) is 0 Å². The normalized spacial score (nSPS) is 19.2. The summed E-state index contributed by atoms with van der Waals surface area (Å²) in [5.74, 6) is 5.92. The molecule has 4 aromatic rings. The quantitative estimate of drug-likeness (QED) is 0.0938. The predicted molar refractivity (Wildman–Crippen MR) is 210 cm³/mol. The summed E-state index contributed by atoms with van der Waals surface area (Å²) in [4.78, 5) is 23.0. The van der Waals surface area contributed by atoms with E-state index in [1.165, 1.54) is 0 Å². The van der Waals surface area contributed by atoms with Crippen LogP contribution >= 0.6 is 0 Å². The first-order valence-electron chi connectivity index (χ1n) is 18.3. The molecule has 53 heavy (non-hydrogen) atoms. The molecule has 2 saturated carbocycles. The summed E-state index contributed by atoms with van der Waals surface area (Å²) in [7, 11) is 11.5. The SMILES string of the molecule is CNc1cc(C)nc(Nc2ccc(OC)c(OCC3CC(N(C)CCN(C)C4CC(Oc5cc(Nc6nc(C)cc(NC)n6)ccc5OC)C4)C3)c2)n1. The summed E-state index contributed by atoms with van der Waals surface area (Å²) in [5, 5.41) is 12.7. The van der Waals surface area contributed by atoms with Crippen LogP contribution in [-0.4, -0.2) is 110 Å². The minimum atomic E-state index is 0.139. The number of benzene rings is 2. The van der Waals surface area contributed by atoms with E-state index in [2.05, 4.69) is 65.1 Å². The summed E-state index contributed by atoms with van der Waals surface area (Å²) < 4.78 is 23.9. The summed E-state index contributed by atoms with van der Waals surface area (Å²) in [5.41, 5.74) is 3.43. The molecule has 6 rings (SSSR count). The number of rotatable bonds is 18. The van der Waals surface area contributed by atoms with Crippen molar-refractivity contribution in [2.75, 3.05) is 83.4 Å². The van der Waals surface area contributed by atoms with Crippen molar-refractivity contribution >= 4 is 34.9 Å². The van der Waals surface area contributed by atoms with Gasteiger partial charge in [-0.05, 0) is 71.0 Å². The van der Waals surface area contributed by atoms with Crippen molar-refractivity contribution in [3.8, 4) is 23.0 Å². The Morgan fingerprint density at radius 3 is 1.64 bits per heavy atom. The monoisotopic (exact) mass is 726 g/mol. The summed E-state index contributed by atoms with van der Waals surface area (Å²) in [6.07, 6.45) is 4.33. The standard InChI is InChI=1S/C39H54N10O4/c1-24-15-36(40-3)46-38(42-24)44-27-9-11-32(50-7)34(19-27)52-23-26-17-29(18-26)48(5)13-14-49(6)30-21-31(22-30)53-35-20-28(10-12-33(35)51-8)45-39-43-25(2)16-37(41-4)47-39/h9-12,15-16,19-20,26,29-31H,13-14,17-18,21-23H2,1-8H3,(H2,40,42,44,46)(H2,41,43,45,47). The lowest BCUT2D eigenvalue weighted by Gasteiger charge is -2.44. The molecule has 14 heteroatoms. The highest BCUT2D eigenvalue weighted by molar-refractivity contribution is 5.62. The van der Waals surface area contributed by atoms with Crippen LogP contribution in [-0.2, 0) is 0 Å². The molecule has 2 heterocycles. The third-order valence-corrected chi connectivity index (χ3v) is 10.2. The van der Waals surface area contributed by atoms with E-state index >= 15 is 0 Å². The van der Waals surface area contributed by atoms with Crippen molar-refractivity contribution in [3.63, 3.8) is 0 Å². The van der Waals surface area contributed by atoms with Gasteiger partial charge in [-0.25, -0.2) is 9.97 Å². The molecule has 0 aliphatic heterocycles. The summed E-state index contributed by atoms with van der Waals surface area (Å²) in [6.45, 7) is 6.57. The van der Waals surface area contributed by atoms with Crippen molar-refractivity contribution in [3.05, 3.63) is 59.9 Å². The molecular formula is C39H54N10O4. The van der Waals surface area contributed by atoms with Crippen LogP contribution in [0.25, 0.3) is 0 Å². The Morgan fingerprint density at radius 2 is 1.13 bits per heavy atom. The Labute approximate surface area is 313 Å². The van der Waals surface area contributed by atoms with Crippen molar-refractivity contribution < 1.29 is 18.9 Å². The maximum Gasteiger partial charge on any atom is 0.229 e. The highest BCUT2D eigenvalue weighted by atomic mass is 16.5. The van der Waals surface area contributed by atoms with E-state index in [-0.39, 0.29) is 6.10 Å². The summed E-state index contributed by atoms with van der Waals surface area (Å²) in [6, 6.07) is 16.5. The zero-order valence-electron chi connectivity index (χ0n) is 32.2. The van der Waals surface area contributed by atoms with E-state index in [0.29, 0.717) is 53.8 Å². The molecular weight excluding hydrogens is 672 g/mol. The van der Waals surface area contributed by atoms with Crippen molar-refractivity contribution in [2.24, 2.45) is 5.92 Å². The molecule has 284 valence electrons. The molecule has 0 amide bonds. The van der Waals surface area contributed by atoms with E-state index < -0.39 is 0 Å². The number of anilines is 6. The Bertz CT molecular complexity index is 1830. The van der Waals surface area contributed by atoms with Crippen LogP contribution < -0.4 is 40.2 Å². The molecule has 2 aromatic heterocycles. The van der Waals surface area contributed by atoms with E-state index in [9.17, 15) is 0 Å². The molecule has 4 N–H and O–H groups in total. The second-order valence-corrected chi connectivity index (χ2v) is 14.0. The Kier molecular flexibility index (Phi) is 12.2. The zero-order chi connectivity index (χ0) is 37.5. The smallest absolute Gasteiger partial charge is 0.229 e. The number of likely N-dealkylation sites (N-methyl/N-ethyl adjacent to an activating group) is 2. The number of ether oxygens (including phenoxy) is 4. The van der Waals surface area contributed by atoms with Crippen LogP contribution in [0.1, 0.15) is 37.1 Å². The highest BCUT2D eigenvalue weighted by Gasteiger charge is 2.36. The third kappa shape index (κ3) is 9.68. The Balaban J connectivity index is 0.916. The average molecular weight is 727 g/mol. The molecule has 2 aliphatic rings. The molecule has 0 radical (unpaired) electrons. The van der Waals surface area contributed by atoms with Gasteiger partial charge < -0.3 is 50.0 Å². The van der Waals surface area contributed by atoms with Gasteiger partial charge in [0.2, 0.25) is 11.9 Å². The first-order chi connectivity index (χ1) is 25.6. The first kappa shape index (κ1) is 37.7. The fourth-order valence-corrected chi connectivity index (χ4v) is 6.74. The van der Waals surface area contributed by atoms with E-state index in [0.717, 1.165) is 78.9 Å². The predicted octanol–water partition coefficient (Wildman–Crippen LogP) is 6.10. The van der Waals surface area contributed by atoms with Crippen molar-refractivity contribution in [1.29, 1.82) is 0 Å². The maximum atomic E-state index is 6.43. The molecule has 2 aliphatic carbocycles. The number of hydrogen-bond donors (Lipinski definition) is 4. The first-order valence-corrected chi connectivity index (χ1v) is 18.3. The van der Waals surface area contributed by atoms with Gasteiger partial charge in [0.25, 0.3) is 0 Å². The van der Waals surface area contributed by atoms with Gasteiger partial charge in [0.1, 0.15) is 17.7 Å². The molecule has 0 atom stereocenters.